The van der Waals surface area contributed by atoms with Crippen molar-refractivity contribution in [3.05, 3.63) is 35.9 Å². The SMILES string of the molecule is CC1(C[C@@H](N[C@@H](CO)c2ccccc2)C(F)(F)F)OCCCO1. The molecule has 0 aliphatic carbocycles. The second kappa shape index (κ2) is 7.61. The van der Waals surface area contributed by atoms with Crippen LogP contribution in [0.1, 0.15) is 31.4 Å². The van der Waals surface area contributed by atoms with E-state index in [1.807, 2.05) is 0 Å². The number of nitrogens with one attached hydrogen (secondary N) is 1. The molecule has 0 spiro atoms. The Morgan fingerprint density at radius 1 is 1.22 bits per heavy atom. The number of hydrogen-bond acceptors (Lipinski definition) is 4. The fourth-order valence-corrected chi connectivity index (χ4v) is 2.62. The van der Waals surface area contributed by atoms with Gasteiger partial charge in [0.25, 0.3) is 0 Å². The van der Waals surface area contributed by atoms with Crippen LogP contribution in [-0.4, -0.2) is 42.9 Å². The highest BCUT2D eigenvalue weighted by atomic mass is 19.4. The Morgan fingerprint density at radius 2 is 1.83 bits per heavy atom. The molecule has 130 valence electrons. The predicted octanol–water partition coefficient (Wildman–Crippen LogP) is 2.78. The van der Waals surface area contributed by atoms with E-state index in [0.717, 1.165) is 0 Å². The number of alkyl halides is 3. The zero-order valence-corrected chi connectivity index (χ0v) is 13.0. The summed E-state index contributed by atoms with van der Waals surface area (Å²) in [6.07, 6.45) is -4.18. The maximum Gasteiger partial charge on any atom is 0.404 e. The predicted molar refractivity (Wildman–Crippen MR) is 78.8 cm³/mol. The largest absolute Gasteiger partial charge is 0.404 e. The van der Waals surface area contributed by atoms with Crippen molar-refractivity contribution in [2.75, 3.05) is 19.8 Å². The lowest BCUT2D eigenvalue weighted by molar-refractivity contribution is -0.276. The summed E-state index contributed by atoms with van der Waals surface area (Å²) in [6, 6.07) is 5.91. The van der Waals surface area contributed by atoms with Gasteiger partial charge in [0, 0.05) is 6.42 Å². The first-order valence-corrected chi connectivity index (χ1v) is 7.60. The van der Waals surface area contributed by atoms with Gasteiger partial charge in [-0.25, -0.2) is 0 Å². The molecule has 2 N–H and O–H groups in total. The van der Waals surface area contributed by atoms with E-state index in [-0.39, 0.29) is 6.42 Å². The first kappa shape index (κ1) is 18.2. The number of ether oxygens (including phenoxy) is 2. The second-order valence-electron chi connectivity index (χ2n) is 5.80. The third-order valence-corrected chi connectivity index (χ3v) is 3.86. The molecule has 0 aromatic heterocycles. The fourth-order valence-electron chi connectivity index (χ4n) is 2.62. The van der Waals surface area contributed by atoms with E-state index < -0.39 is 30.7 Å². The summed E-state index contributed by atoms with van der Waals surface area (Å²) >= 11 is 0. The zero-order valence-electron chi connectivity index (χ0n) is 13.0. The number of aliphatic hydroxyl groups excluding tert-OH is 1. The Kier molecular flexibility index (Phi) is 6.02. The molecule has 1 aliphatic heterocycles. The first-order valence-electron chi connectivity index (χ1n) is 7.60. The molecule has 1 fully saturated rings. The smallest absolute Gasteiger partial charge is 0.394 e. The van der Waals surface area contributed by atoms with Gasteiger partial charge in [-0.05, 0) is 18.9 Å². The van der Waals surface area contributed by atoms with Crippen LogP contribution in [0.5, 0.6) is 0 Å². The second-order valence-corrected chi connectivity index (χ2v) is 5.80. The molecule has 0 unspecified atom stereocenters. The van der Waals surface area contributed by atoms with Crippen molar-refractivity contribution in [1.82, 2.24) is 5.32 Å². The highest BCUT2D eigenvalue weighted by molar-refractivity contribution is 5.19. The molecule has 7 heteroatoms. The Bertz CT molecular complexity index is 475. The maximum absolute atomic E-state index is 13.4. The molecular formula is C16H22F3NO3. The zero-order chi connectivity index (χ0) is 16.9. The number of benzene rings is 1. The fraction of sp³-hybridized carbons (Fsp3) is 0.625. The first-order chi connectivity index (χ1) is 10.8. The van der Waals surface area contributed by atoms with Crippen LogP contribution in [0.2, 0.25) is 0 Å². The van der Waals surface area contributed by atoms with E-state index in [2.05, 4.69) is 5.32 Å². The molecule has 0 saturated carbocycles. The molecule has 1 aromatic rings. The van der Waals surface area contributed by atoms with Crippen molar-refractivity contribution in [2.45, 2.75) is 43.8 Å². The monoisotopic (exact) mass is 333 g/mol. The molecule has 23 heavy (non-hydrogen) atoms. The highest BCUT2D eigenvalue weighted by Crippen LogP contribution is 2.32. The van der Waals surface area contributed by atoms with Crippen molar-refractivity contribution in [2.24, 2.45) is 0 Å². The summed E-state index contributed by atoms with van der Waals surface area (Å²) < 4.78 is 51.0. The van der Waals surface area contributed by atoms with E-state index in [4.69, 9.17) is 9.47 Å². The molecule has 1 saturated heterocycles. The highest BCUT2D eigenvalue weighted by Gasteiger charge is 2.46. The summed E-state index contributed by atoms with van der Waals surface area (Å²) in [7, 11) is 0. The topological polar surface area (TPSA) is 50.7 Å². The van der Waals surface area contributed by atoms with Crippen LogP contribution in [0.25, 0.3) is 0 Å². The molecule has 2 atom stereocenters. The van der Waals surface area contributed by atoms with E-state index in [0.29, 0.717) is 25.2 Å². The van der Waals surface area contributed by atoms with E-state index in [1.54, 1.807) is 30.3 Å². The van der Waals surface area contributed by atoms with Crippen LogP contribution < -0.4 is 5.32 Å². The van der Waals surface area contributed by atoms with Crippen molar-refractivity contribution in [3.63, 3.8) is 0 Å². The molecule has 1 aliphatic rings. The van der Waals surface area contributed by atoms with Crippen molar-refractivity contribution in [3.8, 4) is 0 Å². The lowest BCUT2D eigenvalue weighted by Crippen LogP contribution is -2.51. The molecule has 0 amide bonds. The van der Waals surface area contributed by atoms with Crippen LogP contribution in [0.3, 0.4) is 0 Å². The Balaban J connectivity index is 2.12. The quantitative estimate of drug-likeness (QED) is 0.840. The van der Waals surface area contributed by atoms with E-state index in [1.165, 1.54) is 6.92 Å². The number of aliphatic hydroxyl groups is 1. The van der Waals surface area contributed by atoms with Gasteiger partial charge in [-0.1, -0.05) is 30.3 Å². The molecule has 0 bridgehead atoms. The average Bonchev–Trinajstić information content (AvgIpc) is 2.52. The Hall–Kier alpha value is -1.15. The van der Waals surface area contributed by atoms with Crippen LogP contribution in [0.4, 0.5) is 13.2 Å². The summed E-state index contributed by atoms with van der Waals surface area (Å²) in [5.41, 5.74) is 0.597. The minimum atomic E-state index is -4.48. The summed E-state index contributed by atoms with van der Waals surface area (Å²) in [5.74, 6) is -1.28. The van der Waals surface area contributed by atoms with Crippen LogP contribution in [0, 0.1) is 0 Å². The minimum absolute atomic E-state index is 0.375. The van der Waals surface area contributed by atoms with Crippen LogP contribution in [0.15, 0.2) is 30.3 Å². The van der Waals surface area contributed by atoms with E-state index >= 15 is 0 Å². The van der Waals surface area contributed by atoms with E-state index in [9.17, 15) is 18.3 Å². The molecule has 1 aromatic carbocycles. The standard InChI is InChI=1S/C16H22F3NO3/c1-15(22-8-5-9-23-15)10-14(16(17,18)19)20-13(11-21)12-6-3-2-4-7-12/h2-4,6-7,13-14,20-21H,5,8-11H2,1H3/t13-,14+/m0/s1. The van der Waals surface area contributed by atoms with Gasteiger partial charge in [-0.15, -0.1) is 0 Å². The lowest BCUT2D eigenvalue weighted by atomic mass is 10.0. The Labute approximate surface area is 133 Å². The van der Waals surface area contributed by atoms with Crippen molar-refractivity contribution >= 4 is 0 Å². The molecule has 1 heterocycles. The summed E-state index contributed by atoms with van der Waals surface area (Å²) in [4.78, 5) is 0. The van der Waals surface area contributed by atoms with Gasteiger partial charge in [0.1, 0.15) is 6.04 Å². The number of halogens is 3. The summed E-state index contributed by atoms with van der Waals surface area (Å²) in [5, 5.41) is 12.0. The summed E-state index contributed by atoms with van der Waals surface area (Å²) in [6.45, 7) is 1.84. The molecule has 4 nitrogen and oxygen atoms in total. The van der Waals surface area contributed by atoms with Gasteiger partial charge in [-0.3, -0.25) is 5.32 Å². The van der Waals surface area contributed by atoms with Gasteiger partial charge in [0.15, 0.2) is 5.79 Å². The van der Waals surface area contributed by atoms with Crippen LogP contribution in [-0.2, 0) is 9.47 Å². The van der Waals surface area contributed by atoms with Gasteiger partial charge in [0.05, 0.1) is 25.9 Å². The number of hydrogen-bond donors (Lipinski definition) is 2. The minimum Gasteiger partial charge on any atom is -0.394 e. The third-order valence-electron chi connectivity index (χ3n) is 3.86. The Morgan fingerprint density at radius 3 is 2.35 bits per heavy atom. The molecule has 0 radical (unpaired) electrons. The van der Waals surface area contributed by atoms with Crippen molar-refractivity contribution in [1.29, 1.82) is 0 Å². The average molecular weight is 333 g/mol. The van der Waals surface area contributed by atoms with Gasteiger partial charge in [0.2, 0.25) is 0 Å². The normalized spacial score (nSPS) is 20.9. The third kappa shape index (κ3) is 5.17. The molecule has 2 rings (SSSR count). The van der Waals surface area contributed by atoms with Gasteiger partial charge < -0.3 is 14.6 Å². The lowest BCUT2D eigenvalue weighted by Gasteiger charge is -2.38. The van der Waals surface area contributed by atoms with Crippen LogP contribution >= 0.6 is 0 Å². The van der Waals surface area contributed by atoms with Crippen molar-refractivity contribution < 1.29 is 27.8 Å². The molecular weight excluding hydrogens is 311 g/mol. The maximum atomic E-state index is 13.4. The number of rotatable bonds is 6. The van der Waals surface area contributed by atoms with Gasteiger partial charge in [-0.2, -0.15) is 13.2 Å². The van der Waals surface area contributed by atoms with Gasteiger partial charge >= 0.3 is 6.18 Å².